The van der Waals surface area contributed by atoms with Gasteiger partial charge in [-0.25, -0.2) is 0 Å². The fourth-order valence-electron chi connectivity index (χ4n) is 0.955. The standard InChI is InChI=1S/C7H6Cl2N2O3S2/c8-3-2-6(16(12,13)14)4(9)1-5(3)11-7(10)15/h1-2H,(H3,10,11,15)(H,12,13,14). The Balaban J connectivity index is 3.33. The van der Waals surface area contributed by atoms with Crippen LogP contribution in [0.4, 0.5) is 5.69 Å². The van der Waals surface area contributed by atoms with E-state index in [2.05, 4.69) is 17.5 Å². The van der Waals surface area contributed by atoms with E-state index in [1.807, 2.05) is 0 Å². The van der Waals surface area contributed by atoms with Crippen molar-refractivity contribution in [3.05, 3.63) is 22.2 Å². The molecule has 9 heteroatoms. The second-order valence-electron chi connectivity index (χ2n) is 2.73. The van der Waals surface area contributed by atoms with E-state index in [4.69, 9.17) is 33.5 Å². The van der Waals surface area contributed by atoms with Crippen molar-refractivity contribution in [1.29, 1.82) is 0 Å². The summed E-state index contributed by atoms with van der Waals surface area (Å²) in [7, 11) is -4.41. The molecule has 0 atom stereocenters. The first-order valence-corrected chi connectivity index (χ1v) is 6.35. The van der Waals surface area contributed by atoms with Crippen molar-refractivity contribution in [1.82, 2.24) is 0 Å². The molecular formula is C7H6Cl2N2O3S2. The van der Waals surface area contributed by atoms with E-state index in [9.17, 15) is 8.42 Å². The van der Waals surface area contributed by atoms with Gasteiger partial charge in [-0.15, -0.1) is 0 Å². The van der Waals surface area contributed by atoms with Gasteiger partial charge in [-0.2, -0.15) is 8.42 Å². The first-order chi connectivity index (χ1) is 7.21. The summed E-state index contributed by atoms with van der Waals surface area (Å²) in [5.41, 5.74) is 5.47. The summed E-state index contributed by atoms with van der Waals surface area (Å²) in [5.74, 6) is 0. The molecule has 0 heterocycles. The fourth-order valence-corrected chi connectivity index (χ4v) is 2.37. The van der Waals surface area contributed by atoms with Crippen LogP contribution in [-0.4, -0.2) is 18.1 Å². The van der Waals surface area contributed by atoms with Crippen LogP contribution in [-0.2, 0) is 10.1 Å². The second kappa shape index (κ2) is 4.72. The lowest BCUT2D eigenvalue weighted by Crippen LogP contribution is -2.19. The van der Waals surface area contributed by atoms with Crippen LogP contribution in [0.2, 0.25) is 10.0 Å². The van der Waals surface area contributed by atoms with E-state index < -0.39 is 15.0 Å². The summed E-state index contributed by atoms with van der Waals surface area (Å²) < 4.78 is 30.6. The number of benzene rings is 1. The summed E-state index contributed by atoms with van der Waals surface area (Å²) in [6.07, 6.45) is 0. The monoisotopic (exact) mass is 300 g/mol. The maximum absolute atomic E-state index is 10.9. The molecule has 0 radical (unpaired) electrons. The van der Waals surface area contributed by atoms with Crippen molar-refractivity contribution < 1.29 is 13.0 Å². The molecule has 4 N–H and O–H groups in total. The zero-order valence-corrected chi connectivity index (χ0v) is 10.7. The minimum atomic E-state index is -4.41. The second-order valence-corrected chi connectivity index (χ2v) is 5.37. The molecule has 16 heavy (non-hydrogen) atoms. The van der Waals surface area contributed by atoms with Gasteiger partial charge in [0.1, 0.15) is 4.90 Å². The Labute approximate surface area is 107 Å². The van der Waals surface area contributed by atoms with E-state index in [0.29, 0.717) is 0 Å². The highest BCUT2D eigenvalue weighted by molar-refractivity contribution is 7.86. The summed E-state index contributed by atoms with van der Waals surface area (Å²) >= 11 is 16.0. The average molecular weight is 301 g/mol. The van der Waals surface area contributed by atoms with Gasteiger partial charge in [0.15, 0.2) is 5.11 Å². The number of anilines is 1. The lowest BCUT2D eigenvalue weighted by atomic mass is 10.3. The largest absolute Gasteiger partial charge is 0.376 e. The summed E-state index contributed by atoms with van der Waals surface area (Å²) in [6, 6.07) is 2.20. The smallest absolute Gasteiger partial charge is 0.296 e. The number of hydrogen-bond acceptors (Lipinski definition) is 3. The van der Waals surface area contributed by atoms with Crippen LogP contribution in [0.3, 0.4) is 0 Å². The van der Waals surface area contributed by atoms with Gasteiger partial charge < -0.3 is 11.1 Å². The van der Waals surface area contributed by atoms with Crippen LogP contribution < -0.4 is 11.1 Å². The summed E-state index contributed by atoms with van der Waals surface area (Å²) in [6.45, 7) is 0. The lowest BCUT2D eigenvalue weighted by Gasteiger charge is -2.08. The number of nitrogens with one attached hydrogen (secondary N) is 1. The highest BCUT2D eigenvalue weighted by Gasteiger charge is 2.17. The Hall–Kier alpha value is -0.600. The van der Waals surface area contributed by atoms with E-state index in [-0.39, 0.29) is 20.8 Å². The van der Waals surface area contributed by atoms with Crippen LogP contribution in [0.5, 0.6) is 0 Å². The molecule has 1 aromatic rings. The van der Waals surface area contributed by atoms with Crippen LogP contribution in [0.25, 0.3) is 0 Å². The highest BCUT2D eigenvalue weighted by atomic mass is 35.5. The molecule has 0 aromatic heterocycles. The summed E-state index contributed by atoms with van der Waals surface area (Å²) in [4.78, 5) is -0.479. The van der Waals surface area contributed by atoms with E-state index in [0.717, 1.165) is 6.07 Å². The molecule has 88 valence electrons. The number of rotatable bonds is 2. The molecule has 0 aliphatic heterocycles. The van der Waals surface area contributed by atoms with E-state index in [1.54, 1.807) is 0 Å². The maximum atomic E-state index is 10.9. The molecule has 0 aliphatic carbocycles. The maximum Gasteiger partial charge on any atom is 0.296 e. The van der Waals surface area contributed by atoms with Crippen molar-refractivity contribution in [2.24, 2.45) is 5.73 Å². The quantitative estimate of drug-likeness (QED) is 0.571. The molecule has 0 saturated carbocycles. The Morgan fingerprint density at radius 3 is 2.38 bits per heavy atom. The zero-order valence-electron chi connectivity index (χ0n) is 7.57. The third-order valence-corrected chi connectivity index (χ3v) is 3.29. The first kappa shape index (κ1) is 13.5. The van der Waals surface area contributed by atoms with Gasteiger partial charge >= 0.3 is 0 Å². The Bertz CT molecular complexity index is 545. The van der Waals surface area contributed by atoms with Crippen LogP contribution >= 0.6 is 35.4 Å². The Kier molecular flexibility index (Phi) is 3.97. The molecule has 0 aliphatic rings. The van der Waals surface area contributed by atoms with Gasteiger partial charge in [0.05, 0.1) is 15.7 Å². The van der Waals surface area contributed by atoms with Crippen molar-refractivity contribution in [3.8, 4) is 0 Å². The molecule has 0 spiro atoms. The van der Waals surface area contributed by atoms with Gasteiger partial charge in [-0.1, -0.05) is 23.2 Å². The highest BCUT2D eigenvalue weighted by Crippen LogP contribution is 2.31. The fraction of sp³-hybridized carbons (Fsp3) is 0. The Morgan fingerprint density at radius 1 is 1.38 bits per heavy atom. The molecule has 1 rings (SSSR count). The van der Waals surface area contributed by atoms with Gasteiger partial charge in [-0.05, 0) is 24.4 Å². The van der Waals surface area contributed by atoms with Crippen LogP contribution in [0.15, 0.2) is 17.0 Å². The minimum Gasteiger partial charge on any atom is -0.376 e. The van der Waals surface area contributed by atoms with Crippen LogP contribution in [0.1, 0.15) is 0 Å². The normalized spacial score (nSPS) is 11.2. The van der Waals surface area contributed by atoms with Gasteiger partial charge in [0.2, 0.25) is 0 Å². The average Bonchev–Trinajstić information content (AvgIpc) is 2.07. The molecule has 5 nitrogen and oxygen atoms in total. The summed E-state index contributed by atoms with van der Waals surface area (Å²) in [5, 5.41) is 2.29. The molecular weight excluding hydrogens is 295 g/mol. The lowest BCUT2D eigenvalue weighted by molar-refractivity contribution is 0.483. The zero-order chi connectivity index (χ0) is 12.5. The predicted octanol–water partition coefficient (Wildman–Crippen LogP) is 1.90. The van der Waals surface area contributed by atoms with Crippen LogP contribution in [0, 0.1) is 0 Å². The minimum absolute atomic E-state index is 0.0184. The predicted molar refractivity (Wildman–Crippen MR) is 66.7 cm³/mol. The molecule has 1 aromatic carbocycles. The molecule has 0 unspecified atom stereocenters. The van der Waals surface area contributed by atoms with Gasteiger partial charge in [0.25, 0.3) is 10.1 Å². The third-order valence-electron chi connectivity index (χ3n) is 1.56. The Morgan fingerprint density at radius 2 is 1.94 bits per heavy atom. The van der Waals surface area contributed by atoms with Gasteiger partial charge in [-0.3, -0.25) is 4.55 Å². The van der Waals surface area contributed by atoms with Crippen molar-refractivity contribution in [2.45, 2.75) is 4.90 Å². The first-order valence-electron chi connectivity index (χ1n) is 3.75. The topological polar surface area (TPSA) is 92.4 Å². The molecule has 0 bridgehead atoms. The number of hydrogen-bond donors (Lipinski definition) is 3. The molecule has 0 fully saturated rings. The van der Waals surface area contributed by atoms with E-state index >= 15 is 0 Å². The van der Waals surface area contributed by atoms with Crippen molar-refractivity contribution >= 4 is 56.3 Å². The van der Waals surface area contributed by atoms with Crippen molar-refractivity contribution in [3.63, 3.8) is 0 Å². The number of nitrogens with two attached hydrogens (primary N) is 1. The third kappa shape index (κ3) is 3.19. The van der Waals surface area contributed by atoms with Crippen molar-refractivity contribution in [2.75, 3.05) is 5.32 Å². The SMILES string of the molecule is NC(=S)Nc1cc(Cl)c(S(=O)(=O)O)cc1Cl. The molecule has 0 saturated heterocycles. The van der Waals surface area contributed by atoms with E-state index in [1.165, 1.54) is 6.07 Å². The molecule has 0 amide bonds. The number of halogens is 2. The van der Waals surface area contributed by atoms with Gasteiger partial charge in [0, 0.05) is 0 Å². The number of thiocarbonyl (C=S) groups is 1.